The summed E-state index contributed by atoms with van der Waals surface area (Å²) in [5.74, 6) is 0.226. The van der Waals surface area contributed by atoms with Gasteiger partial charge in [0.15, 0.2) is 0 Å². The van der Waals surface area contributed by atoms with E-state index in [1.54, 1.807) is 0 Å². The van der Waals surface area contributed by atoms with E-state index in [0.29, 0.717) is 6.04 Å². The van der Waals surface area contributed by atoms with Gasteiger partial charge in [0.25, 0.3) is 0 Å². The van der Waals surface area contributed by atoms with Crippen molar-refractivity contribution in [1.29, 1.82) is 0 Å². The average Bonchev–Trinajstić information content (AvgIpc) is 3.22. The second kappa shape index (κ2) is 4.87. The fourth-order valence-electron chi connectivity index (χ4n) is 3.14. The lowest BCUT2D eigenvalue weighted by atomic mass is 9.91. The molecule has 1 aromatic carbocycles. The highest BCUT2D eigenvalue weighted by Crippen LogP contribution is 2.48. The Kier molecular flexibility index (Phi) is 3.21. The van der Waals surface area contributed by atoms with Crippen LogP contribution in [0, 0.1) is 0 Å². The van der Waals surface area contributed by atoms with Gasteiger partial charge in [-0.3, -0.25) is 4.79 Å². The van der Waals surface area contributed by atoms with E-state index in [-0.39, 0.29) is 11.3 Å². The molecule has 3 heteroatoms. The number of benzene rings is 1. The van der Waals surface area contributed by atoms with Crippen molar-refractivity contribution in [3.05, 3.63) is 29.8 Å². The van der Waals surface area contributed by atoms with Crippen molar-refractivity contribution < 1.29 is 4.79 Å². The third-order valence-electron chi connectivity index (χ3n) is 4.59. The maximum absolute atomic E-state index is 12.5. The minimum absolute atomic E-state index is 0.226. The molecule has 2 fully saturated rings. The number of hydrogen-bond acceptors (Lipinski definition) is 2. The first-order valence-corrected chi connectivity index (χ1v) is 7.38. The number of rotatable bonds is 3. The van der Waals surface area contributed by atoms with Crippen LogP contribution in [0.5, 0.6) is 0 Å². The number of carbonyl (C=O) groups excluding carboxylic acids is 1. The summed E-state index contributed by atoms with van der Waals surface area (Å²) in [5, 5.41) is 3.26. The molecule has 0 heterocycles. The first kappa shape index (κ1) is 12.5. The van der Waals surface area contributed by atoms with Crippen molar-refractivity contribution >= 4 is 11.6 Å². The van der Waals surface area contributed by atoms with Gasteiger partial charge in [-0.1, -0.05) is 31.4 Å². The molecule has 0 bridgehead atoms. The smallest absolute Gasteiger partial charge is 0.230 e. The molecule has 1 aromatic rings. The van der Waals surface area contributed by atoms with Crippen molar-refractivity contribution in [3.8, 4) is 0 Å². The zero-order valence-corrected chi connectivity index (χ0v) is 11.3. The van der Waals surface area contributed by atoms with Crippen LogP contribution in [-0.2, 0) is 10.2 Å². The number of nitrogen functional groups attached to an aromatic ring is 1. The Morgan fingerprint density at radius 2 is 1.74 bits per heavy atom. The van der Waals surface area contributed by atoms with E-state index < -0.39 is 0 Å². The Labute approximate surface area is 114 Å². The third kappa shape index (κ3) is 2.46. The van der Waals surface area contributed by atoms with Gasteiger partial charge in [-0.05, 0) is 43.4 Å². The van der Waals surface area contributed by atoms with E-state index in [4.69, 9.17) is 5.73 Å². The Balaban J connectivity index is 1.70. The van der Waals surface area contributed by atoms with E-state index >= 15 is 0 Å². The largest absolute Gasteiger partial charge is 0.399 e. The van der Waals surface area contributed by atoms with Crippen LogP contribution in [0.4, 0.5) is 5.69 Å². The van der Waals surface area contributed by atoms with Gasteiger partial charge in [-0.2, -0.15) is 0 Å². The molecule has 0 atom stereocenters. The summed E-state index contributed by atoms with van der Waals surface area (Å²) in [4.78, 5) is 12.5. The van der Waals surface area contributed by atoms with Gasteiger partial charge in [0.2, 0.25) is 5.91 Å². The first-order valence-electron chi connectivity index (χ1n) is 7.38. The zero-order valence-electron chi connectivity index (χ0n) is 11.3. The summed E-state index contributed by atoms with van der Waals surface area (Å²) >= 11 is 0. The SMILES string of the molecule is Nc1ccc(C2(C(=O)NC3CCCCC3)CC2)cc1. The maximum Gasteiger partial charge on any atom is 0.230 e. The predicted octanol–water partition coefficient (Wildman–Crippen LogP) is 2.75. The molecule has 0 aromatic heterocycles. The highest BCUT2D eigenvalue weighted by atomic mass is 16.2. The van der Waals surface area contributed by atoms with Crippen LogP contribution in [0.3, 0.4) is 0 Å². The topological polar surface area (TPSA) is 55.1 Å². The van der Waals surface area contributed by atoms with Crippen LogP contribution in [0.1, 0.15) is 50.5 Å². The van der Waals surface area contributed by atoms with Crippen molar-refractivity contribution in [3.63, 3.8) is 0 Å². The normalized spacial score (nSPS) is 21.9. The average molecular weight is 258 g/mol. The fraction of sp³-hybridized carbons (Fsp3) is 0.562. The second-order valence-electron chi connectivity index (χ2n) is 6.01. The van der Waals surface area contributed by atoms with Gasteiger partial charge in [0, 0.05) is 11.7 Å². The Morgan fingerprint density at radius 3 is 2.32 bits per heavy atom. The van der Waals surface area contributed by atoms with Gasteiger partial charge in [0.05, 0.1) is 5.41 Å². The van der Waals surface area contributed by atoms with Gasteiger partial charge in [-0.25, -0.2) is 0 Å². The summed E-state index contributed by atoms with van der Waals surface area (Å²) in [5.41, 5.74) is 7.33. The van der Waals surface area contributed by atoms with E-state index in [1.165, 1.54) is 19.3 Å². The molecular weight excluding hydrogens is 236 g/mol. The van der Waals surface area contributed by atoms with Crippen LogP contribution in [0.15, 0.2) is 24.3 Å². The molecule has 3 rings (SSSR count). The molecule has 2 aliphatic rings. The molecule has 102 valence electrons. The maximum atomic E-state index is 12.5. The van der Waals surface area contributed by atoms with E-state index in [1.807, 2.05) is 24.3 Å². The van der Waals surface area contributed by atoms with Crippen molar-refractivity contribution in [2.45, 2.75) is 56.4 Å². The van der Waals surface area contributed by atoms with Crippen LogP contribution in [-0.4, -0.2) is 11.9 Å². The Morgan fingerprint density at radius 1 is 1.11 bits per heavy atom. The highest BCUT2D eigenvalue weighted by molar-refractivity contribution is 5.91. The number of nitrogens with two attached hydrogens (primary N) is 1. The van der Waals surface area contributed by atoms with Gasteiger partial charge < -0.3 is 11.1 Å². The standard InChI is InChI=1S/C16H22N2O/c17-13-8-6-12(7-9-13)16(10-11-16)15(19)18-14-4-2-1-3-5-14/h6-9,14H,1-5,10-11,17H2,(H,18,19). The van der Waals surface area contributed by atoms with Crippen molar-refractivity contribution in [1.82, 2.24) is 5.32 Å². The molecule has 3 N–H and O–H groups in total. The van der Waals surface area contributed by atoms with Crippen LogP contribution in [0.25, 0.3) is 0 Å². The van der Waals surface area contributed by atoms with E-state index in [9.17, 15) is 4.79 Å². The lowest BCUT2D eigenvalue weighted by molar-refractivity contribution is -0.124. The molecular formula is C16H22N2O. The molecule has 0 saturated heterocycles. The summed E-state index contributed by atoms with van der Waals surface area (Å²) in [6.45, 7) is 0. The minimum atomic E-state index is -0.259. The lowest BCUT2D eigenvalue weighted by Crippen LogP contribution is -2.42. The molecule has 2 aliphatic carbocycles. The number of amides is 1. The number of anilines is 1. The Bertz CT molecular complexity index is 456. The van der Waals surface area contributed by atoms with Crippen LogP contribution in [0.2, 0.25) is 0 Å². The van der Waals surface area contributed by atoms with Crippen molar-refractivity contribution in [2.24, 2.45) is 0 Å². The number of carbonyl (C=O) groups is 1. The van der Waals surface area contributed by atoms with Gasteiger partial charge in [0.1, 0.15) is 0 Å². The van der Waals surface area contributed by atoms with E-state index in [2.05, 4.69) is 5.32 Å². The molecule has 0 radical (unpaired) electrons. The second-order valence-corrected chi connectivity index (χ2v) is 6.01. The quantitative estimate of drug-likeness (QED) is 0.819. The predicted molar refractivity (Wildman–Crippen MR) is 76.8 cm³/mol. The molecule has 1 amide bonds. The number of nitrogens with one attached hydrogen (secondary N) is 1. The minimum Gasteiger partial charge on any atom is -0.399 e. The Hall–Kier alpha value is -1.51. The highest BCUT2D eigenvalue weighted by Gasteiger charge is 2.51. The first-order chi connectivity index (χ1) is 9.21. The number of hydrogen-bond donors (Lipinski definition) is 2. The van der Waals surface area contributed by atoms with Gasteiger partial charge in [-0.15, -0.1) is 0 Å². The monoisotopic (exact) mass is 258 g/mol. The van der Waals surface area contributed by atoms with Crippen molar-refractivity contribution in [2.75, 3.05) is 5.73 Å². The molecule has 19 heavy (non-hydrogen) atoms. The molecule has 0 aliphatic heterocycles. The molecule has 0 spiro atoms. The van der Waals surface area contributed by atoms with E-state index in [0.717, 1.165) is 36.9 Å². The summed E-state index contributed by atoms with van der Waals surface area (Å²) in [7, 11) is 0. The summed E-state index contributed by atoms with van der Waals surface area (Å²) < 4.78 is 0. The molecule has 0 unspecified atom stereocenters. The summed E-state index contributed by atoms with van der Waals surface area (Å²) in [6, 6.07) is 8.19. The third-order valence-corrected chi connectivity index (χ3v) is 4.59. The summed E-state index contributed by atoms with van der Waals surface area (Å²) in [6.07, 6.45) is 8.03. The fourth-order valence-corrected chi connectivity index (χ4v) is 3.14. The molecule has 2 saturated carbocycles. The lowest BCUT2D eigenvalue weighted by Gasteiger charge is -2.25. The molecule has 3 nitrogen and oxygen atoms in total. The van der Waals surface area contributed by atoms with Crippen LogP contribution < -0.4 is 11.1 Å². The van der Waals surface area contributed by atoms with Gasteiger partial charge >= 0.3 is 0 Å². The van der Waals surface area contributed by atoms with Crippen LogP contribution >= 0.6 is 0 Å². The zero-order chi connectivity index (χ0) is 13.3.